The van der Waals surface area contributed by atoms with Crippen LogP contribution in [0.3, 0.4) is 0 Å². The summed E-state index contributed by atoms with van der Waals surface area (Å²) in [5.41, 5.74) is 2.50. The average Bonchev–Trinajstić information content (AvgIpc) is 2.81. The number of ether oxygens (including phenoxy) is 2. The molecule has 0 aromatic heterocycles. The standard InChI is InChI=1S/C13H17NO3/c1-16-13(15)4-6-14-9-10-2-3-12-11(8-10)5-7-17-12/h2-3,8,14H,4-7,9H2,1H3. The molecule has 4 heteroatoms. The summed E-state index contributed by atoms with van der Waals surface area (Å²) < 4.78 is 10.0. The fourth-order valence-electron chi connectivity index (χ4n) is 1.88. The Morgan fingerprint density at radius 2 is 2.41 bits per heavy atom. The largest absolute Gasteiger partial charge is 0.493 e. The molecule has 1 N–H and O–H groups in total. The van der Waals surface area contributed by atoms with Crippen LogP contribution in [0.5, 0.6) is 5.75 Å². The highest BCUT2D eigenvalue weighted by atomic mass is 16.5. The van der Waals surface area contributed by atoms with Crippen LogP contribution in [-0.4, -0.2) is 26.2 Å². The molecule has 0 atom stereocenters. The maximum atomic E-state index is 10.9. The molecule has 0 amide bonds. The number of benzene rings is 1. The molecule has 0 aliphatic carbocycles. The molecule has 1 aromatic rings. The molecule has 1 aliphatic heterocycles. The summed E-state index contributed by atoms with van der Waals surface area (Å²) in [5, 5.41) is 3.22. The molecule has 0 unspecified atom stereocenters. The van der Waals surface area contributed by atoms with Gasteiger partial charge in [0.25, 0.3) is 0 Å². The van der Waals surface area contributed by atoms with Gasteiger partial charge in [-0.05, 0) is 17.2 Å². The molecule has 0 radical (unpaired) electrons. The number of carbonyl (C=O) groups is 1. The van der Waals surface area contributed by atoms with E-state index in [9.17, 15) is 4.79 Å². The number of methoxy groups -OCH3 is 1. The van der Waals surface area contributed by atoms with E-state index in [4.69, 9.17) is 4.74 Å². The zero-order valence-electron chi connectivity index (χ0n) is 9.99. The predicted octanol–water partition coefficient (Wildman–Crippen LogP) is 1.27. The molecule has 0 saturated heterocycles. The Morgan fingerprint density at radius 1 is 1.53 bits per heavy atom. The summed E-state index contributed by atoms with van der Waals surface area (Å²) in [7, 11) is 1.41. The molecule has 2 rings (SSSR count). The van der Waals surface area contributed by atoms with Crippen LogP contribution in [0.25, 0.3) is 0 Å². The van der Waals surface area contributed by atoms with Gasteiger partial charge in [0.2, 0.25) is 0 Å². The van der Waals surface area contributed by atoms with Gasteiger partial charge in [-0.2, -0.15) is 0 Å². The van der Waals surface area contributed by atoms with Crippen LogP contribution in [0.1, 0.15) is 17.5 Å². The molecule has 0 bridgehead atoms. The van der Waals surface area contributed by atoms with E-state index < -0.39 is 0 Å². The Labute approximate surface area is 101 Å². The van der Waals surface area contributed by atoms with E-state index >= 15 is 0 Å². The smallest absolute Gasteiger partial charge is 0.306 e. The van der Waals surface area contributed by atoms with Crippen molar-refractivity contribution in [2.45, 2.75) is 19.4 Å². The molecular weight excluding hydrogens is 218 g/mol. The lowest BCUT2D eigenvalue weighted by molar-refractivity contribution is -0.140. The van der Waals surface area contributed by atoms with Gasteiger partial charge in [0.1, 0.15) is 5.75 Å². The van der Waals surface area contributed by atoms with E-state index in [1.54, 1.807) is 0 Å². The van der Waals surface area contributed by atoms with E-state index in [1.165, 1.54) is 18.2 Å². The van der Waals surface area contributed by atoms with Gasteiger partial charge < -0.3 is 14.8 Å². The summed E-state index contributed by atoms with van der Waals surface area (Å²) >= 11 is 0. The third-order valence-electron chi connectivity index (χ3n) is 2.82. The molecule has 1 heterocycles. The highest BCUT2D eigenvalue weighted by Crippen LogP contribution is 2.25. The Kier molecular flexibility index (Phi) is 3.98. The summed E-state index contributed by atoms with van der Waals surface area (Å²) in [4.78, 5) is 10.9. The molecule has 0 spiro atoms. The van der Waals surface area contributed by atoms with Crippen molar-refractivity contribution in [3.8, 4) is 5.75 Å². The molecular formula is C13H17NO3. The molecule has 1 aliphatic rings. The highest BCUT2D eigenvalue weighted by molar-refractivity contribution is 5.69. The van der Waals surface area contributed by atoms with Gasteiger partial charge in [-0.25, -0.2) is 0 Å². The van der Waals surface area contributed by atoms with Gasteiger partial charge in [0.15, 0.2) is 0 Å². The van der Waals surface area contributed by atoms with Crippen LogP contribution < -0.4 is 10.1 Å². The molecule has 92 valence electrons. The van der Waals surface area contributed by atoms with Crippen LogP contribution in [0.2, 0.25) is 0 Å². The number of esters is 1. The lowest BCUT2D eigenvalue weighted by Gasteiger charge is -2.06. The molecule has 1 aromatic carbocycles. The maximum absolute atomic E-state index is 10.9. The Balaban J connectivity index is 1.78. The quantitative estimate of drug-likeness (QED) is 0.617. The first-order valence-corrected chi connectivity index (χ1v) is 5.82. The molecule has 0 fully saturated rings. The first-order valence-electron chi connectivity index (χ1n) is 5.82. The molecule has 17 heavy (non-hydrogen) atoms. The minimum atomic E-state index is -0.181. The first-order chi connectivity index (χ1) is 8.29. The van der Waals surface area contributed by atoms with Crippen molar-refractivity contribution in [2.24, 2.45) is 0 Å². The number of fused-ring (bicyclic) bond motifs is 1. The van der Waals surface area contributed by atoms with Gasteiger partial charge in [0, 0.05) is 19.5 Å². The third kappa shape index (κ3) is 3.20. The summed E-state index contributed by atoms with van der Waals surface area (Å²) in [6.45, 7) is 2.19. The number of hydrogen-bond acceptors (Lipinski definition) is 4. The third-order valence-corrected chi connectivity index (χ3v) is 2.82. The summed E-state index contributed by atoms with van der Waals surface area (Å²) in [6.07, 6.45) is 1.40. The van der Waals surface area contributed by atoms with E-state index in [0.717, 1.165) is 25.3 Å². The second kappa shape index (κ2) is 5.68. The number of hydrogen-bond donors (Lipinski definition) is 1. The number of carbonyl (C=O) groups excluding carboxylic acids is 1. The van der Waals surface area contributed by atoms with Crippen molar-refractivity contribution >= 4 is 5.97 Å². The Morgan fingerprint density at radius 3 is 3.24 bits per heavy atom. The predicted molar refractivity (Wildman–Crippen MR) is 64.0 cm³/mol. The van der Waals surface area contributed by atoms with Crippen molar-refractivity contribution in [2.75, 3.05) is 20.3 Å². The first kappa shape index (κ1) is 11.9. The van der Waals surface area contributed by atoms with Crippen molar-refractivity contribution < 1.29 is 14.3 Å². The van der Waals surface area contributed by atoms with Gasteiger partial charge >= 0.3 is 5.97 Å². The van der Waals surface area contributed by atoms with Gasteiger partial charge in [-0.3, -0.25) is 4.79 Å². The zero-order valence-corrected chi connectivity index (χ0v) is 9.99. The summed E-state index contributed by atoms with van der Waals surface area (Å²) in [6, 6.07) is 6.22. The minimum absolute atomic E-state index is 0.181. The van der Waals surface area contributed by atoms with E-state index in [0.29, 0.717) is 13.0 Å². The monoisotopic (exact) mass is 235 g/mol. The maximum Gasteiger partial charge on any atom is 0.306 e. The van der Waals surface area contributed by atoms with E-state index in [-0.39, 0.29) is 5.97 Å². The Hall–Kier alpha value is -1.55. The van der Waals surface area contributed by atoms with Gasteiger partial charge in [-0.1, -0.05) is 12.1 Å². The average molecular weight is 235 g/mol. The van der Waals surface area contributed by atoms with Crippen molar-refractivity contribution in [1.29, 1.82) is 0 Å². The van der Waals surface area contributed by atoms with Crippen molar-refractivity contribution in [3.63, 3.8) is 0 Å². The fraction of sp³-hybridized carbons (Fsp3) is 0.462. The van der Waals surface area contributed by atoms with Crippen molar-refractivity contribution in [1.82, 2.24) is 5.32 Å². The van der Waals surface area contributed by atoms with Crippen LogP contribution in [0.15, 0.2) is 18.2 Å². The Bertz CT molecular complexity index is 404. The number of rotatable bonds is 5. The normalized spacial score (nSPS) is 13.0. The second-order valence-corrected chi connectivity index (χ2v) is 4.04. The zero-order chi connectivity index (χ0) is 12.1. The van der Waals surface area contributed by atoms with Gasteiger partial charge in [-0.15, -0.1) is 0 Å². The van der Waals surface area contributed by atoms with Crippen LogP contribution in [0, 0.1) is 0 Å². The van der Waals surface area contributed by atoms with E-state index in [1.807, 2.05) is 6.07 Å². The lowest BCUT2D eigenvalue weighted by Crippen LogP contribution is -2.18. The molecule has 0 saturated carbocycles. The van der Waals surface area contributed by atoms with Gasteiger partial charge in [0.05, 0.1) is 20.1 Å². The minimum Gasteiger partial charge on any atom is -0.493 e. The number of nitrogens with one attached hydrogen (secondary N) is 1. The molecule has 4 nitrogen and oxygen atoms in total. The fourth-order valence-corrected chi connectivity index (χ4v) is 1.88. The van der Waals surface area contributed by atoms with Crippen LogP contribution in [0.4, 0.5) is 0 Å². The summed E-state index contributed by atoms with van der Waals surface area (Å²) in [5.74, 6) is 0.822. The van der Waals surface area contributed by atoms with Crippen LogP contribution >= 0.6 is 0 Å². The topological polar surface area (TPSA) is 47.6 Å². The lowest BCUT2D eigenvalue weighted by atomic mass is 10.1. The van der Waals surface area contributed by atoms with E-state index in [2.05, 4.69) is 22.2 Å². The van der Waals surface area contributed by atoms with Crippen molar-refractivity contribution in [3.05, 3.63) is 29.3 Å². The van der Waals surface area contributed by atoms with Crippen LogP contribution in [-0.2, 0) is 22.5 Å². The highest BCUT2D eigenvalue weighted by Gasteiger charge is 2.11. The SMILES string of the molecule is COC(=O)CCNCc1ccc2c(c1)CCO2. The second-order valence-electron chi connectivity index (χ2n) is 4.04.